The monoisotopic (exact) mass is 342 g/mol. The average Bonchev–Trinajstić information content (AvgIpc) is 2.80. The van der Waals surface area contributed by atoms with Gasteiger partial charge in [0.2, 0.25) is 0 Å². The van der Waals surface area contributed by atoms with Crippen LogP contribution in [0.5, 0.6) is 0 Å². The Balaban J connectivity index is 0.00000176. The fraction of sp³-hybridized carbons (Fsp3) is 0.438. The van der Waals surface area contributed by atoms with Gasteiger partial charge in [0.15, 0.2) is 0 Å². The summed E-state index contributed by atoms with van der Waals surface area (Å²) in [6.45, 7) is 7.47. The number of rotatable bonds is 1. The summed E-state index contributed by atoms with van der Waals surface area (Å²) in [4.78, 5) is 15.4. The van der Waals surface area contributed by atoms with Crippen molar-refractivity contribution in [1.29, 1.82) is 0 Å². The Bertz CT molecular complexity index is 703. The number of halogens is 2. The molecular weight excluding hydrogens is 323 g/mol. The summed E-state index contributed by atoms with van der Waals surface area (Å²) in [5.41, 5.74) is 0.761. The number of fused-ring (bicyclic) bond motifs is 1. The molecule has 0 saturated carbocycles. The van der Waals surface area contributed by atoms with E-state index in [0.29, 0.717) is 16.8 Å². The molecule has 2 aromatic rings. The van der Waals surface area contributed by atoms with E-state index in [2.05, 4.69) is 19.2 Å². The number of amides is 1. The average molecular weight is 343 g/mol. The maximum atomic E-state index is 14.0. The van der Waals surface area contributed by atoms with Crippen molar-refractivity contribution >= 4 is 39.7 Å². The lowest BCUT2D eigenvalue weighted by Gasteiger charge is -2.38. The lowest BCUT2D eigenvalue weighted by molar-refractivity contribution is 0.0607. The van der Waals surface area contributed by atoms with E-state index >= 15 is 0 Å². The van der Waals surface area contributed by atoms with Gasteiger partial charge in [-0.1, -0.05) is 6.07 Å². The van der Waals surface area contributed by atoms with Gasteiger partial charge >= 0.3 is 0 Å². The number of nitrogens with zero attached hydrogens (tertiary/aromatic N) is 1. The number of carbonyl (C=O) groups excluding carboxylic acids is 1. The van der Waals surface area contributed by atoms with Crippen LogP contribution in [0.1, 0.15) is 29.1 Å². The van der Waals surface area contributed by atoms with Crippen LogP contribution in [-0.2, 0) is 0 Å². The molecule has 2 atom stereocenters. The summed E-state index contributed by atoms with van der Waals surface area (Å²) in [5.74, 6) is -0.226. The molecule has 1 saturated heterocycles. The lowest BCUT2D eigenvalue weighted by Crippen LogP contribution is -2.57. The van der Waals surface area contributed by atoms with Crippen LogP contribution >= 0.6 is 23.7 Å². The second kappa shape index (κ2) is 6.52. The van der Waals surface area contributed by atoms with E-state index in [4.69, 9.17) is 0 Å². The van der Waals surface area contributed by atoms with Gasteiger partial charge in [-0.25, -0.2) is 4.39 Å². The van der Waals surface area contributed by atoms with Crippen molar-refractivity contribution in [2.24, 2.45) is 0 Å². The van der Waals surface area contributed by atoms with Gasteiger partial charge in [0.1, 0.15) is 5.82 Å². The van der Waals surface area contributed by atoms with Crippen LogP contribution in [-0.4, -0.2) is 36.0 Å². The number of hydrogen-bond acceptors (Lipinski definition) is 3. The Morgan fingerprint density at radius 1 is 1.41 bits per heavy atom. The fourth-order valence-electron chi connectivity index (χ4n) is 2.93. The Morgan fingerprint density at radius 3 is 2.82 bits per heavy atom. The molecule has 0 bridgehead atoms. The molecule has 1 aromatic carbocycles. The highest BCUT2D eigenvalue weighted by Gasteiger charge is 2.31. The van der Waals surface area contributed by atoms with Gasteiger partial charge in [-0.05, 0) is 38.5 Å². The maximum Gasteiger partial charge on any atom is 0.264 e. The van der Waals surface area contributed by atoms with E-state index in [1.165, 1.54) is 17.4 Å². The second-order valence-electron chi connectivity index (χ2n) is 5.65. The first-order chi connectivity index (χ1) is 10.0. The number of benzene rings is 1. The zero-order valence-electron chi connectivity index (χ0n) is 12.9. The van der Waals surface area contributed by atoms with E-state index in [1.807, 2.05) is 17.9 Å². The predicted octanol–water partition coefficient (Wildman–Crippen LogP) is 3.59. The number of aryl methyl sites for hydroxylation is 1. The number of hydrogen-bond donors (Lipinski definition) is 1. The highest BCUT2D eigenvalue weighted by atomic mass is 35.5. The van der Waals surface area contributed by atoms with Crippen molar-refractivity contribution in [3.63, 3.8) is 0 Å². The molecule has 6 heteroatoms. The zero-order valence-corrected chi connectivity index (χ0v) is 14.5. The van der Waals surface area contributed by atoms with Crippen molar-refractivity contribution in [3.05, 3.63) is 34.5 Å². The molecule has 1 aliphatic rings. The first kappa shape index (κ1) is 17.2. The summed E-state index contributed by atoms with van der Waals surface area (Å²) in [6, 6.07) is 5.43. The van der Waals surface area contributed by atoms with E-state index < -0.39 is 0 Å². The van der Waals surface area contributed by atoms with Gasteiger partial charge in [0.25, 0.3) is 5.91 Å². The van der Waals surface area contributed by atoms with Crippen molar-refractivity contribution in [3.8, 4) is 0 Å². The molecule has 1 aromatic heterocycles. The second-order valence-corrected chi connectivity index (χ2v) is 6.70. The first-order valence-corrected chi connectivity index (χ1v) is 8.04. The highest BCUT2D eigenvalue weighted by molar-refractivity contribution is 7.21. The largest absolute Gasteiger partial charge is 0.332 e. The third kappa shape index (κ3) is 2.73. The van der Waals surface area contributed by atoms with Crippen LogP contribution in [0.15, 0.2) is 18.2 Å². The Kier molecular flexibility index (Phi) is 5.10. The molecule has 2 unspecified atom stereocenters. The molecule has 120 valence electrons. The quantitative estimate of drug-likeness (QED) is 0.859. The third-order valence-electron chi connectivity index (χ3n) is 4.39. The SMILES string of the molecule is Cc1c(C(=O)N2CCNC(C)C2C)sc2cccc(F)c12.Cl. The van der Waals surface area contributed by atoms with Crippen LogP contribution in [0.2, 0.25) is 0 Å². The molecule has 1 N–H and O–H groups in total. The third-order valence-corrected chi connectivity index (χ3v) is 5.64. The van der Waals surface area contributed by atoms with Crippen LogP contribution < -0.4 is 5.32 Å². The number of thiophene rings is 1. The van der Waals surface area contributed by atoms with Crippen molar-refractivity contribution < 1.29 is 9.18 Å². The summed E-state index contributed by atoms with van der Waals surface area (Å²) >= 11 is 1.39. The molecule has 1 amide bonds. The van der Waals surface area contributed by atoms with E-state index in [0.717, 1.165) is 16.8 Å². The van der Waals surface area contributed by atoms with Gasteiger partial charge in [-0.3, -0.25) is 4.79 Å². The minimum atomic E-state index is -0.248. The van der Waals surface area contributed by atoms with Crippen molar-refractivity contribution in [2.75, 3.05) is 13.1 Å². The van der Waals surface area contributed by atoms with Gasteiger partial charge in [0, 0.05) is 35.3 Å². The lowest BCUT2D eigenvalue weighted by atomic mass is 10.1. The first-order valence-electron chi connectivity index (χ1n) is 7.22. The molecule has 3 rings (SSSR count). The Hall–Kier alpha value is -1.17. The minimum Gasteiger partial charge on any atom is -0.332 e. The van der Waals surface area contributed by atoms with Crippen molar-refractivity contribution in [2.45, 2.75) is 32.9 Å². The fourth-order valence-corrected chi connectivity index (χ4v) is 4.11. The molecule has 3 nitrogen and oxygen atoms in total. The summed E-state index contributed by atoms with van der Waals surface area (Å²) in [6.07, 6.45) is 0. The molecular formula is C16H20ClFN2OS. The summed E-state index contributed by atoms with van der Waals surface area (Å²) < 4.78 is 14.8. The van der Waals surface area contributed by atoms with Gasteiger partial charge in [-0.15, -0.1) is 23.7 Å². The normalized spacial score (nSPS) is 21.7. The molecule has 0 radical (unpaired) electrons. The standard InChI is InChI=1S/C16H19FN2OS.ClH/c1-9-14-12(17)5-4-6-13(14)21-15(9)16(20)19-8-7-18-10(2)11(19)3;/h4-6,10-11,18H,7-8H2,1-3H3;1H. The highest BCUT2D eigenvalue weighted by Crippen LogP contribution is 2.33. The Labute approximate surface area is 139 Å². The van der Waals surface area contributed by atoms with E-state index in [9.17, 15) is 9.18 Å². The zero-order chi connectivity index (χ0) is 15.1. The topological polar surface area (TPSA) is 32.3 Å². The smallest absolute Gasteiger partial charge is 0.264 e. The number of piperazine rings is 1. The molecule has 0 aliphatic carbocycles. The van der Waals surface area contributed by atoms with Crippen molar-refractivity contribution in [1.82, 2.24) is 10.2 Å². The van der Waals surface area contributed by atoms with Crippen LogP contribution in [0.4, 0.5) is 4.39 Å². The summed E-state index contributed by atoms with van der Waals surface area (Å²) in [7, 11) is 0. The molecule has 1 aliphatic heterocycles. The Morgan fingerprint density at radius 2 is 2.14 bits per heavy atom. The van der Waals surface area contributed by atoms with Crippen LogP contribution in [0.25, 0.3) is 10.1 Å². The molecule has 1 fully saturated rings. The van der Waals surface area contributed by atoms with Crippen LogP contribution in [0, 0.1) is 12.7 Å². The number of nitrogens with one attached hydrogen (secondary N) is 1. The number of carbonyl (C=O) groups is 1. The van der Waals surface area contributed by atoms with Gasteiger partial charge in [0.05, 0.1) is 4.88 Å². The minimum absolute atomic E-state index is 0. The molecule has 0 spiro atoms. The predicted molar refractivity (Wildman–Crippen MR) is 91.7 cm³/mol. The molecule has 2 heterocycles. The molecule has 22 heavy (non-hydrogen) atoms. The summed E-state index contributed by atoms with van der Waals surface area (Å²) in [5, 5.41) is 3.95. The van der Waals surface area contributed by atoms with E-state index in [1.54, 1.807) is 6.07 Å². The van der Waals surface area contributed by atoms with Gasteiger partial charge in [-0.2, -0.15) is 0 Å². The van der Waals surface area contributed by atoms with Crippen LogP contribution in [0.3, 0.4) is 0 Å². The van der Waals surface area contributed by atoms with Gasteiger partial charge < -0.3 is 10.2 Å². The van der Waals surface area contributed by atoms with E-state index in [-0.39, 0.29) is 36.2 Å². The maximum absolute atomic E-state index is 14.0.